The van der Waals surface area contributed by atoms with E-state index < -0.39 is 12.1 Å². The van der Waals surface area contributed by atoms with Crippen molar-refractivity contribution in [3.05, 3.63) is 48.0 Å². The van der Waals surface area contributed by atoms with E-state index in [0.717, 1.165) is 27.7 Å². The van der Waals surface area contributed by atoms with Crippen LogP contribution in [0.25, 0.3) is 10.8 Å². The van der Waals surface area contributed by atoms with Crippen LogP contribution in [0.4, 0.5) is 4.79 Å². The van der Waals surface area contributed by atoms with E-state index in [-0.39, 0.29) is 24.4 Å². The molecule has 0 aromatic heterocycles. The Morgan fingerprint density at radius 3 is 2.65 bits per heavy atom. The van der Waals surface area contributed by atoms with Crippen molar-refractivity contribution in [3.63, 3.8) is 0 Å². The van der Waals surface area contributed by atoms with Crippen LogP contribution in [0.2, 0.25) is 0 Å². The van der Waals surface area contributed by atoms with E-state index in [1.165, 1.54) is 0 Å². The molecule has 0 saturated carbocycles. The molecule has 6 nitrogen and oxygen atoms in total. The first-order valence-electron chi connectivity index (χ1n) is 8.89. The van der Waals surface area contributed by atoms with E-state index in [1.807, 2.05) is 56.3 Å². The normalized spacial score (nSPS) is 18.1. The second kappa shape index (κ2) is 7.56. The Balaban J connectivity index is 1.63. The van der Waals surface area contributed by atoms with Crippen molar-refractivity contribution in [2.24, 2.45) is 0 Å². The number of rotatable bonds is 6. The molecule has 4 amide bonds. The third-order valence-corrected chi connectivity index (χ3v) is 4.64. The van der Waals surface area contributed by atoms with Gasteiger partial charge in [-0.1, -0.05) is 49.7 Å². The molecule has 0 bridgehead atoms. The Kier molecular flexibility index (Phi) is 5.21. The third-order valence-electron chi connectivity index (χ3n) is 4.64. The first-order valence-corrected chi connectivity index (χ1v) is 8.89. The first kappa shape index (κ1) is 17.9. The summed E-state index contributed by atoms with van der Waals surface area (Å²) in [6.45, 7) is 3.57. The van der Waals surface area contributed by atoms with Crippen LogP contribution in [-0.4, -0.2) is 35.3 Å². The number of nitrogens with one attached hydrogen (secondary N) is 2. The van der Waals surface area contributed by atoms with Crippen molar-refractivity contribution in [2.45, 2.75) is 38.8 Å². The van der Waals surface area contributed by atoms with Gasteiger partial charge < -0.3 is 10.6 Å². The molecule has 1 aliphatic rings. The number of urea groups is 1. The summed E-state index contributed by atoms with van der Waals surface area (Å²) in [5, 5.41) is 7.72. The summed E-state index contributed by atoms with van der Waals surface area (Å²) in [6.07, 6.45) is 1.37. The molecule has 2 aromatic rings. The van der Waals surface area contributed by atoms with Gasteiger partial charge >= 0.3 is 6.03 Å². The fourth-order valence-corrected chi connectivity index (χ4v) is 3.20. The molecular weight excluding hydrogens is 330 g/mol. The maximum absolute atomic E-state index is 12.3. The van der Waals surface area contributed by atoms with E-state index in [1.54, 1.807) is 0 Å². The van der Waals surface area contributed by atoms with Crippen molar-refractivity contribution in [2.75, 3.05) is 6.54 Å². The minimum Gasteiger partial charge on any atom is -0.348 e. The fourth-order valence-electron chi connectivity index (χ4n) is 3.20. The van der Waals surface area contributed by atoms with Crippen LogP contribution in [-0.2, 0) is 9.59 Å². The van der Waals surface area contributed by atoms with Crippen molar-refractivity contribution < 1.29 is 14.4 Å². The third kappa shape index (κ3) is 3.69. The first-order chi connectivity index (χ1) is 12.5. The van der Waals surface area contributed by atoms with E-state index in [9.17, 15) is 14.4 Å². The average Bonchev–Trinajstić information content (AvgIpc) is 2.89. The van der Waals surface area contributed by atoms with Crippen molar-refractivity contribution >= 4 is 28.6 Å². The zero-order valence-corrected chi connectivity index (χ0v) is 15.0. The minimum atomic E-state index is -0.516. The van der Waals surface area contributed by atoms with Gasteiger partial charge in [-0.2, -0.15) is 0 Å². The number of hydrogen-bond donors (Lipinski definition) is 2. The summed E-state index contributed by atoms with van der Waals surface area (Å²) in [6, 6.07) is 12.8. The number of benzene rings is 2. The van der Waals surface area contributed by atoms with Gasteiger partial charge in [0.1, 0.15) is 12.6 Å². The predicted molar refractivity (Wildman–Crippen MR) is 99.4 cm³/mol. The Labute approximate surface area is 152 Å². The highest BCUT2D eigenvalue weighted by atomic mass is 16.2. The van der Waals surface area contributed by atoms with Crippen molar-refractivity contribution in [3.8, 4) is 0 Å². The summed E-state index contributed by atoms with van der Waals surface area (Å²) in [5.41, 5.74) is 0.970. The molecule has 1 saturated heterocycles. The summed E-state index contributed by atoms with van der Waals surface area (Å²) in [4.78, 5) is 37.4. The molecule has 2 N–H and O–H groups in total. The van der Waals surface area contributed by atoms with Crippen molar-refractivity contribution in [1.82, 2.24) is 15.5 Å². The molecule has 1 aliphatic heterocycles. The standard InChI is InChI=1S/C20H23N3O3/c1-3-6-17-19(25)23(20(26)22-17)12-18(24)21-13(2)15-10-9-14-7-4-5-8-16(14)11-15/h4-5,7-11,13,17H,3,6,12H2,1-2H3,(H,21,24)(H,22,26)/t13-,17+/m1/s1. The number of imide groups is 1. The lowest BCUT2D eigenvalue weighted by molar-refractivity contribution is -0.132. The van der Waals surface area contributed by atoms with Crippen LogP contribution in [0.1, 0.15) is 38.3 Å². The molecule has 136 valence electrons. The van der Waals surface area contributed by atoms with E-state index in [0.29, 0.717) is 6.42 Å². The molecule has 0 spiro atoms. The topological polar surface area (TPSA) is 78.5 Å². The van der Waals surface area contributed by atoms with Gasteiger partial charge in [-0.05, 0) is 35.7 Å². The van der Waals surface area contributed by atoms with Gasteiger partial charge in [0.15, 0.2) is 0 Å². The lowest BCUT2D eigenvalue weighted by Gasteiger charge is -2.18. The quantitative estimate of drug-likeness (QED) is 0.784. The molecule has 0 radical (unpaired) electrons. The van der Waals surface area contributed by atoms with Gasteiger partial charge in [0.2, 0.25) is 5.91 Å². The summed E-state index contributed by atoms with van der Waals surface area (Å²) >= 11 is 0. The van der Waals surface area contributed by atoms with Crippen LogP contribution in [0, 0.1) is 0 Å². The molecule has 2 atom stereocenters. The Hall–Kier alpha value is -2.89. The Bertz CT molecular complexity index is 849. The van der Waals surface area contributed by atoms with Crippen molar-refractivity contribution in [1.29, 1.82) is 0 Å². The molecule has 1 fully saturated rings. The fraction of sp³-hybridized carbons (Fsp3) is 0.350. The molecular formula is C20H23N3O3. The molecule has 1 heterocycles. The summed E-state index contributed by atoms with van der Waals surface area (Å²) < 4.78 is 0. The highest BCUT2D eigenvalue weighted by molar-refractivity contribution is 6.06. The molecule has 0 unspecified atom stereocenters. The zero-order chi connectivity index (χ0) is 18.7. The predicted octanol–water partition coefficient (Wildman–Crippen LogP) is 2.74. The smallest absolute Gasteiger partial charge is 0.325 e. The zero-order valence-electron chi connectivity index (χ0n) is 15.0. The van der Waals surface area contributed by atoms with Gasteiger partial charge in [-0.15, -0.1) is 0 Å². The highest BCUT2D eigenvalue weighted by Crippen LogP contribution is 2.20. The van der Waals surface area contributed by atoms with E-state index >= 15 is 0 Å². The summed E-state index contributed by atoms with van der Waals surface area (Å²) in [7, 11) is 0. The SMILES string of the molecule is CCC[C@@H]1NC(=O)N(CC(=O)N[C@H](C)c2ccc3ccccc3c2)C1=O. The second-order valence-corrected chi connectivity index (χ2v) is 6.61. The number of carbonyl (C=O) groups is 3. The largest absolute Gasteiger partial charge is 0.348 e. The van der Waals surface area contributed by atoms with Gasteiger partial charge in [0, 0.05) is 0 Å². The average molecular weight is 353 g/mol. The Morgan fingerprint density at radius 2 is 1.92 bits per heavy atom. The number of nitrogens with zero attached hydrogens (tertiary/aromatic N) is 1. The van der Waals surface area contributed by atoms with E-state index in [4.69, 9.17) is 0 Å². The number of carbonyl (C=O) groups excluding carboxylic acids is 3. The maximum atomic E-state index is 12.3. The maximum Gasteiger partial charge on any atom is 0.325 e. The van der Waals surface area contributed by atoms with Crippen LogP contribution < -0.4 is 10.6 Å². The number of fused-ring (bicyclic) bond motifs is 1. The summed E-state index contributed by atoms with van der Waals surface area (Å²) in [5.74, 6) is -0.684. The highest BCUT2D eigenvalue weighted by Gasteiger charge is 2.38. The minimum absolute atomic E-state index is 0.223. The molecule has 26 heavy (non-hydrogen) atoms. The molecule has 0 aliphatic carbocycles. The van der Waals surface area contributed by atoms with Gasteiger partial charge in [-0.25, -0.2) is 4.79 Å². The van der Waals surface area contributed by atoms with E-state index in [2.05, 4.69) is 10.6 Å². The van der Waals surface area contributed by atoms with Crippen LogP contribution >= 0.6 is 0 Å². The number of amides is 4. The van der Waals surface area contributed by atoms with Gasteiger partial charge in [0.05, 0.1) is 6.04 Å². The number of hydrogen-bond acceptors (Lipinski definition) is 3. The van der Waals surface area contributed by atoms with Gasteiger partial charge in [-0.3, -0.25) is 14.5 Å². The van der Waals surface area contributed by atoms with Crippen LogP contribution in [0.5, 0.6) is 0 Å². The second-order valence-electron chi connectivity index (χ2n) is 6.61. The molecule has 3 rings (SSSR count). The molecule has 6 heteroatoms. The Morgan fingerprint density at radius 1 is 1.19 bits per heavy atom. The monoisotopic (exact) mass is 353 g/mol. The lowest BCUT2D eigenvalue weighted by atomic mass is 10.0. The molecule has 2 aromatic carbocycles. The van der Waals surface area contributed by atoms with Crippen LogP contribution in [0.15, 0.2) is 42.5 Å². The lowest BCUT2D eigenvalue weighted by Crippen LogP contribution is -2.41. The van der Waals surface area contributed by atoms with Gasteiger partial charge in [0.25, 0.3) is 5.91 Å². The van der Waals surface area contributed by atoms with Crippen LogP contribution in [0.3, 0.4) is 0 Å².